The molecule has 0 spiro atoms. The highest BCUT2D eigenvalue weighted by molar-refractivity contribution is 5.81. The fraction of sp³-hybridized carbons (Fsp3) is 0.471. The van der Waals surface area contributed by atoms with Crippen LogP contribution in [0.1, 0.15) is 31.2 Å². The van der Waals surface area contributed by atoms with Gasteiger partial charge in [0, 0.05) is 30.7 Å². The third kappa shape index (κ3) is 2.84. The standard InChI is InChI=1S/C17H23N3/c18-12-15-6-2-1-5-11-20(15)13-14-9-10-19-17-8-4-3-7-16(14)17/h3-4,7-10,15H,1-2,5-6,11-13,18H2. The molecule has 2 N–H and O–H groups in total. The Morgan fingerprint density at radius 1 is 1.15 bits per heavy atom. The van der Waals surface area contributed by atoms with Gasteiger partial charge >= 0.3 is 0 Å². The van der Waals surface area contributed by atoms with E-state index in [4.69, 9.17) is 5.73 Å². The lowest BCUT2D eigenvalue weighted by Gasteiger charge is -2.29. The highest BCUT2D eigenvalue weighted by Gasteiger charge is 2.20. The summed E-state index contributed by atoms with van der Waals surface area (Å²) in [6.45, 7) is 2.92. The minimum absolute atomic E-state index is 0.532. The first-order valence-electron chi connectivity index (χ1n) is 7.65. The van der Waals surface area contributed by atoms with E-state index >= 15 is 0 Å². The number of nitrogens with two attached hydrogens (primary N) is 1. The predicted molar refractivity (Wildman–Crippen MR) is 83.5 cm³/mol. The zero-order valence-corrected chi connectivity index (χ0v) is 12.0. The van der Waals surface area contributed by atoms with E-state index in [0.29, 0.717) is 6.04 Å². The Bertz CT molecular complexity index is 562. The van der Waals surface area contributed by atoms with Crippen LogP contribution in [0.2, 0.25) is 0 Å². The van der Waals surface area contributed by atoms with Crippen molar-refractivity contribution >= 4 is 10.9 Å². The molecule has 3 heteroatoms. The van der Waals surface area contributed by atoms with Gasteiger partial charge in [-0.05, 0) is 37.1 Å². The number of aromatic nitrogens is 1. The summed E-state index contributed by atoms with van der Waals surface area (Å²) in [6, 6.07) is 11.1. The SMILES string of the molecule is NCC1CCCCCN1Cc1ccnc2ccccc12. The quantitative estimate of drug-likeness (QED) is 0.931. The van der Waals surface area contributed by atoms with Gasteiger partial charge in [0.1, 0.15) is 0 Å². The molecule has 1 saturated heterocycles. The van der Waals surface area contributed by atoms with Gasteiger partial charge in [0.05, 0.1) is 5.52 Å². The Kier molecular flexibility index (Phi) is 4.28. The fourth-order valence-electron chi connectivity index (χ4n) is 3.22. The molecule has 2 heterocycles. The van der Waals surface area contributed by atoms with Gasteiger partial charge in [-0.2, -0.15) is 0 Å². The molecule has 0 amide bonds. The van der Waals surface area contributed by atoms with E-state index in [0.717, 1.165) is 18.6 Å². The Labute approximate surface area is 120 Å². The van der Waals surface area contributed by atoms with Gasteiger partial charge < -0.3 is 5.73 Å². The molecular formula is C17H23N3. The van der Waals surface area contributed by atoms with E-state index in [1.54, 1.807) is 0 Å². The molecule has 0 bridgehead atoms. The van der Waals surface area contributed by atoms with Crippen molar-refractivity contribution in [3.8, 4) is 0 Å². The maximum atomic E-state index is 5.98. The molecule has 1 atom stereocenters. The Morgan fingerprint density at radius 2 is 2.05 bits per heavy atom. The van der Waals surface area contributed by atoms with Crippen molar-refractivity contribution in [3.63, 3.8) is 0 Å². The maximum Gasteiger partial charge on any atom is 0.0705 e. The zero-order valence-electron chi connectivity index (χ0n) is 12.0. The number of fused-ring (bicyclic) bond motifs is 1. The van der Waals surface area contributed by atoms with Gasteiger partial charge in [0.25, 0.3) is 0 Å². The summed E-state index contributed by atoms with van der Waals surface area (Å²) in [5.41, 5.74) is 8.43. The van der Waals surface area contributed by atoms with Gasteiger partial charge in [-0.15, -0.1) is 0 Å². The van der Waals surface area contributed by atoms with E-state index in [2.05, 4.69) is 34.1 Å². The molecule has 1 aromatic heterocycles. The van der Waals surface area contributed by atoms with E-state index in [1.807, 2.05) is 12.3 Å². The molecule has 1 fully saturated rings. The van der Waals surface area contributed by atoms with Gasteiger partial charge in [0.2, 0.25) is 0 Å². The van der Waals surface area contributed by atoms with Crippen LogP contribution in [0, 0.1) is 0 Å². The van der Waals surface area contributed by atoms with Gasteiger partial charge in [0.15, 0.2) is 0 Å². The number of likely N-dealkylation sites (tertiary alicyclic amines) is 1. The lowest BCUT2D eigenvalue weighted by molar-refractivity contribution is 0.196. The number of para-hydroxylation sites is 1. The van der Waals surface area contributed by atoms with Crippen LogP contribution in [0.25, 0.3) is 10.9 Å². The van der Waals surface area contributed by atoms with Crippen LogP contribution in [0.15, 0.2) is 36.5 Å². The summed E-state index contributed by atoms with van der Waals surface area (Å²) in [5.74, 6) is 0. The van der Waals surface area contributed by atoms with E-state index < -0.39 is 0 Å². The van der Waals surface area contributed by atoms with E-state index in [9.17, 15) is 0 Å². The molecule has 3 rings (SSSR count). The molecule has 0 radical (unpaired) electrons. The van der Waals surface area contributed by atoms with Crippen molar-refractivity contribution in [1.29, 1.82) is 0 Å². The number of hydrogen-bond acceptors (Lipinski definition) is 3. The van der Waals surface area contributed by atoms with Crippen LogP contribution in [-0.4, -0.2) is 29.0 Å². The van der Waals surface area contributed by atoms with Crippen molar-refractivity contribution < 1.29 is 0 Å². The van der Waals surface area contributed by atoms with Crippen LogP contribution in [-0.2, 0) is 6.54 Å². The average molecular weight is 269 g/mol. The van der Waals surface area contributed by atoms with E-state index in [-0.39, 0.29) is 0 Å². The summed E-state index contributed by atoms with van der Waals surface area (Å²) in [6.07, 6.45) is 7.10. The van der Waals surface area contributed by atoms with Crippen LogP contribution >= 0.6 is 0 Å². The smallest absolute Gasteiger partial charge is 0.0705 e. The average Bonchev–Trinajstić information content (AvgIpc) is 2.72. The topological polar surface area (TPSA) is 42.1 Å². The molecule has 0 saturated carbocycles. The third-order valence-corrected chi connectivity index (χ3v) is 4.38. The predicted octanol–water partition coefficient (Wildman–Crippen LogP) is 2.94. The number of hydrogen-bond donors (Lipinski definition) is 1. The van der Waals surface area contributed by atoms with Crippen LogP contribution < -0.4 is 5.73 Å². The third-order valence-electron chi connectivity index (χ3n) is 4.38. The van der Waals surface area contributed by atoms with Crippen molar-refractivity contribution in [2.24, 2.45) is 5.73 Å². The van der Waals surface area contributed by atoms with Crippen LogP contribution in [0.5, 0.6) is 0 Å². The second-order valence-electron chi connectivity index (χ2n) is 5.70. The normalized spacial score (nSPS) is 20.9. The van der Waals surface area contributed by atoms with Gasteiger partial charge in [-0.1, -0.05) is 31.0 Å². The molecule has 20 heavy (non-hydrogen) atoms. The first-order chi connectivity index (χ1) is 9.88. The number of nitrogens with zero attached hydrogens (tertiary/aromatic N) is 2. The van der Waals surface area contributed by atoms with Gasteiger partial charge in [-0.25, -0.2) is 0 Å². The van der Waals surface area contributed by atoms with E-state index in [1.165, 1.54) is 43.2 Å². The minimum Gasteiger partial charge on any atom is -0.329 e. The Morgan fingerprint density at radius 3 is 2.95 bits per heavy atom. The van der Waals surface area contributed by atoms with Crippen molar-refractivity contribution in [2.75, 3.05) is 13.1 Å². The van der Waals surface area contributed by atoms with Crippen LogP contribution in [0.4, 0.5) is 0 Å². The summed E-state index contributed by atoms with van der Waals surface area (Å²) >= 11 is 0. The molecule has 1 aromatic carbocycles. The van der Waals surface area contributed by atoms with Crippen molar-refractivity contribution in [1.82, 2.24) is 9.88 Å². The highest BCUT2D eigenvalue weighted by Crippen LogP contribution is 2.22. The zero-order chi connectivity index (χ0) is 13.8. The molecule has 1 aliphatic heterocycles. The van der Waals surface area contributed by atoms with Crippen molar-refractivity contribution in [2.45, 2.75) is 38.3 Å². The Hall–Kier alpha value is -1.45. The molecule has 1 unspecified atom stereocenters. The second-order valence-corrected chi connectivity index (χ2v) is 5.70. The first kappa shape index (κ1) is 13.5. The summed E-state index contributed by atoms with van der Waals surface area (Å²) < 4.78 is 0. The monoisotopic (exact) mass is 269 g/mol. The summed E-state index contributed by atoms with van der Waals surface area (Å²) in [4.78, 5) is 7.01. The minimum atomic E-state index is 0.532. The fourth-order valence-corrected chi connectivity index (χ4v) is 3.22. The number of rotatable bonds is 3. The van der Waals surface area contributed by atoms with Crippen molar-refractivity contribution in [3.05, 3.63) is 42.1 Å². The lowest BCUT2D eigenvalue weighted by atomic mass is 10.1. The largest absolute Gasteiger partial charge is 0.329 e. The Balaban J connectivity index is 1.87. The van der Waals surface area contributed by atoms with Gasteiger partial charge in [-0.3, -0.25) is 9.88 Å². The first-order valence-corrected chi connectivity index (χ1v) is 7.65. The summed E-state index contributed by atoms with van der Waals surface area (Å²) in [7, 11) is 0. The molecule has 1 aliphatic rings. The molecule has 106 valence electrons. The highest BCUT2D eigenvalue weighted by atomic mass is 15.2. The molecule has 3 nitrogen and oxygen atoms in total. The molecule has 0 aliphatic carbocycles. The molecule has 2 aromatic rings. The summed E-state index contributed by atoms with van der Waals surface area (Å²) in [5, 5.41) is 1.27. The number of benzene rings is 1. The number of pyridine rings is 1. The second kappa shape index (κ2) is 6.33. The van der Waals surface area contributed by atoms with Crippen LogP contribution in [0.3, 0.4) is 0 Å². The molecular weight excluding hydrogens is 246 g/mol. The maximum absolute atomic E-state index is 5.98. The lowest BCUT2D eigenvalue weighted by Crippen LogP contribution is -2.39.